The zero-order valence-corrected chi connectivity index (χ0v) is 15.8. The summed E-state index contributed by atoms with van der Waals surface area (Å²) < 4.78 is 0. The smallest absolute Gasteiger partial charge is 0.311 e. The highest BCUT2D eigenvalue weighted by Gasteiger charge is 2.42. The second-order valence-electron chi connectivity index (χ2n) is 7.22. The van der Waals surface area contributed by atoms with Crippen LogP contribution in [0.4, 0.5) is 0 Å². The lowest BCUT2D eigenvalue weighted by molar-refractivity contribution is -0.147. The van der Waals surface area contributed by atoms with Gasteiger partial charge >= 0.3 is 5.97 Å². The van der Waals surface area contributed by atoms with Crippen molar-refractivity contribution in [1.82, 2.24) is 9.80 Å². The van der Waals surface area contributed by atoms with E-state index in [-0.39, 0.29) is 18.4 Å². The summed E-state index contributed by atoms with van der Waals surface area (Å²) in [5.74, 6) is -1.17. The lowest BCUT2D eigenvalue weighted by Gasteiger charge is -2.22. The van der Waals surface area contributed by atoms with Crippen molar-refractivity contribution in [2.75, 3.05) is 26.2 Å². The van der Waals surface area contributed by atoms with Crippen molar-refractivity contribution in [3.05, 3.63) is 35.4 Å². The number of hydrogen-bond donors (Lipinski definition) is 1. The molecule has 1 fully saturated rings. The molecule has 0 aromatic heterocycles. The van der Waals surface area contributed by atoms with Gasteiger partial charge in [-0.3, -0.25) is 14.4 Å². The van der Waals surface area contributed by atoms with Crippen molar-refractivity contribution >= 4 is 17.8 Å². The minimum absolute atomic E-state index is 0.0693. The SMILES string of the molecule is CCCN(CCC)C(=O)c1cccc(C(=O)N2CCC(C)(C(=O)O)C2)c1. The van der Waals surface area contributed by atoms with Crippen LogP contribution in [0.15, 0.2) is 24.3 Å². The molecule has 1 atom stereocenters. The van der Waals surface area contributed by atoms with Gasteiger partial charge in [-0.15, -0.1) is 0 Å². The molecule has 0 spiro atoms. The zero-order valence-electron chi connectivity index (χ0n) is 15.8. The van der Waals surface area contributed by atoms with E-state index in [1.807, 2.05) is 13.8 Å². The fraction of sp³-hybridized carbons (Fsp3) is 0.550. The van der Waals surface area contributed by atoms with Gasteiger partial charge in [-0.25, -0.2) is 0 Å². The van der Waals surface area contributed by atoms with Gasteiger partial charge in [0, 0.05) is 37.3 Å². The van der Waals surface area contributed by atoms with Crippen LogP contribution in [0, 0.1) is 5.41 Å². The van der Waals surface area contributed by atoms with E-state index in [2.05, 4.69) is 0 Å². The van der Waals surface area contributed by atoms with Crippen LogP contribution in [0.3, 0.4) is 0 Å². The van der Waals surface area contributed by atoms with Gasteiger partial charge in [0.1, 0.15) is 0 Å². The van der Waals surface area contributed by atoms with Gasteiger partial charge in [0.05, 0.1) is 5.41 Å². The third-order valence-electron chi connectivity index (χ3n) is 4.91. The van der Waals surface area contributed by atoms with Crippen LogP contribution < -0.4 is 0 Å². The number of carboxylic acid groups (broad SMARTS) is 1. The van der Waals surface area contributed by atoms with Gasteiger partial charge in [-0.2, -0.15) is 0 Å². The van der Waals surface area contributed by atoms with E-state index < -0.39 is 11.4 Å². The van der Waals surface area contributed by atoms with Gasteiger partial charge < -0.3 is 14.9 Å². The molecule has 1 aromatic carbocycles. The Hall–Kier alpha value is -2.37. The lowest BCUT2D eigenvalue weighted by Crippen LogP contribution is -2.35. The maximum absolute atomic E-state index is 12.8. The van der Waals surface area contributed by atoms with E-state index in [9.17, 15) is 19.5 Å². The molecule has 0 aliphatic carbocycles. The summed E-state index contributed by atoms with van der Waals surface area (Å²) in [6.07, 6.45) is 2.20. The predicted octanol–water partition coefficient (Wildman–Crippen LogP) is 2.89. The maximum Gasteiger partial charge on any atom is 0.311 e. The molecule has 142 valence electrons. The summed E-state index contributed by atoms with van der Waals surface area (Å²) in [5.41, 5.74) is 0.0265. The molecular weight excluding hydrogens is 332 g/mol. The van der Waals surface area contributed by atoms with Crippen LogP contribution >= 0.6 is 0 Å². The first-order valence-electron chi connectivity index (χ1n) is 9.24. The number of carbonyl (C=O) groups is 3. The highest BCUT2D eigenvalue weighted by Crippen LogP contribution is 2.31. The highest BCUT2D eigenvalue weighted by atomic mass is 16.4. The molecule has 2 rings (SSSR count). The first-order chi connectivity index (χ1) is 12.3. The molecule has 26 heavy (non-hydrogen) atoms. The Morgan fingerprint density at radius 1 is 1.15 bits per heavy atom. The summed E-state index contributed by atoms with van der Waals surface area (Å²) in [7, 11) is 0. The Morgan fingerprint density at radius 2 is 1.77 bits per heavy atom. The summed E-state index contributed by atoms with van der Waals surface area (Å²) in [6, 6.07) is 6.74. The van der Waals surface area contributed by atoms with Gasteiger partial charge in [0.25, 0.3) is 11.8 Å². The second-order valence-corrected chi connectivity index (χ2v) is 7.22. The van der Waals surface area contributed by atoms with Gasteiger partial charge in [0.2, 0.25) is 0 Å². The number of hydrogen-bond acceptors (Lipinski definition) is 3. The molecule has 2 amide bonds. The van der Waals surface area contributed by atoms with Crippen molar-refractivity contribution in [2.24, 2.45) is 5.41 Å². The summed E-state index contributed by atoms with van der Waals surface area (Å²) in [4.78, 5) is 40.2. The van der Waals surface area contributed by atoms with Gasteiger partial charge in [-0.1, -0.05) is 19.9 Å². The van der Waals surface area contributed by atoms with E-state index >= 15 is 0 Å². The third-order valence-corrected chi connectivity index (χ3v) is 4.91. The van der Waals surface area contributed by atoms with Crippen molar-refractivity contribution < 1.29 is 19.5 Å². The zero-order chi connectivity index (χ0) is 19.3. The minimum atomic E-state index is -0.901. The van der Waals surface area contributed by atoms with Crippen LogP contribution in [0.1, 0.15) is 60.7 Å². The molecule has 0 radical (unpaired) electrons. The number of rotatable bonds is 7. The lowest BCUT2D eigenvalue weighted by atomic mass is 9.90. The van der Waals surface area contributed by atoms with Gasteiger partial charge in [0.15, 0.2) is 0 Å². The first-order valence-corrected chi connectivity index (χ1v) is 9.24. The number of likely N-dealkylation sites (tertiary alicyclic amines) is 1. The van der Waals surface area contributed by atoms with Crippen molar-refractivity contribution in [3.63, 3.8) is 0 Å². The standard InChI is InChI=1S/C20H28N2O4/c1-4-10-21(11-5-2)17(23)15-7-6-8-16(13-15)18(24)22-12-9-20(3,14-22)19(25)26/h6-8,13H,4-5,9-12,14H2,1-3H3,(H,25,26). The second kappa shape index (κ2) is 8.34. The molecular formula is C20H28N2O4. The van der Waals surface area contributed by atoms with E-state index in [0.717, 1.165) is 12.8 Å². The number of amides is 2. The quantitative estimate of drug-likeness (QED) is 0.811. The Bertz CT molecular complexity index is 682. The van der Waals surface area contributed by atoms with Crippen molar-refractivity contribution in [2.45, 2.75) is 40.0 Å². The average Bonchev–Trinajstić information content (AvgIpc) is 3.04. The van der Waals surface area contributed by atoms with E-state index in [0.29, 0.717) is 37.2 Å². The molecule has 6 heteroatoms. The average molecular weight is 360 g/mol. The largest absolute Gasteiger partial charge is 0.481 e. The number of nitrogens with zero attached hydrogens (tertiary/aromatic N) is 2. The van der Waals surface area contributed by atoms with Crippen LogP contribution in [0.2, 0.25) is 0 Å². The molecule has 1 unspecified atom stereocenters. The highest BCUT2D eigenvalue weighted by molar-refractivity contribution is 6.00. The minimum Gasteiger partial charge on any atom is -0.481 e. The topological polar surface area (TPSA) is 77.9 Å². The fourth-order valence-corrected chi connectivity index (χ4v) is 3.31. The molecule has 1 saturated heterocycles. The Labute approximate surface area is 154 Å². The number of carbonyl (C=O) groups excluding carboxylic acids is 2. The van der Waals surface area contributed by atoms with Crippen molar-refractivity contribution in [3.8, 4) is 0 Å². The molecule has 1 aliphatic rings. The van der Waals surface area contributed by atoms with E-state index in [1.54, 1.807) is 41.0 Å². The predicted molar refractivity (Wildman–Crippen MR) is 99.2 cm³/mol. The summed E-state index contributed by atoms with van der Waals surface area (Å²) in [5, 5.41) is 9.33. The maximum atomic E-state index is 12.8. The number of benzene rings is 1. The molecule has 1 aliphatic heterocycles. The Morgan fingerprint density at radius 3 is 2.31 bits per heavy atom. The molecule has 1 aromatic rings. The molecule has 0 saturated carbocycles. The Balaban J connectivity index is 2.17. The molecule has 1 N–H and O–H groups in total. The van der Waals surface area contributed by atoms with Crippen LogP contribution in [0.25, 0.3) is 0 Å². The number of carboxylic acids is 1. The molecule has 0 bridgehead atoms. The number of aliphatic carboxylic acids is 1. The molecule has 1 heterocycles. The normalized spacial score (nSPS) is 19.4. The van der Waals surface area contributed by atoms with E-state index in [1.165, 1.54) is 0 Å². The van der Waals surface area contributed by atoms with Crippen LogP contribution in [0.5, 0.6) is 0 Å². The van der Waals surface area contributed by atoms with Crippen molar-refractivity contribution in [1.29, 1.82) is 0 Å². The fourth-order valence-electron chi connectivity index (χ4n) is 3.31. The van der Waals surface area contributed by atoms with Crippen LogP contribution in [-0.2, 0) is 4.79 Å². The summed E-state index contributed by atoms with van der Waals surface area (Å²) >= 11 is 0. The first kappa shape index (κ1) is 19.9. The van der Waals surface area contributed by atoms with Gasteiger partial charge in [-0.05, 0) is 44.4 Å². The summed E-state index contributed by atoms with van der Waals surface area (Å²) in [6.45, 7) is 7.71. The molecule has 6 nitrogen and oxygen atoms in total. The van der Waals surface area contributed by atoms with Crippen LogP contribution in [-0.4, -0.2) is 58.9 Å². The van der Waals surface area contributed by atoms with E-state index in [4.69, 9.17) is 0 Å². The Kier molecular flexibility index (Phi) is 6.40. The third kappa shape index (κ3) is 4.23. The monoisotopic (exact) mass is 360 g/mol.